The van der Waals surface area contributed by atoms with Crippen LogP contribution in [0.1, 0.15) is 17.2 Å². The number of benzene rings is 2. The molecular formula is C17H18ClNO2. The van der Waals surface area contributed by atoms with Crippen LogP contribution in [0.4, 0.5) is 0 Å². The number of rotatable bonds is 6. The highest BCUT2D eigenvalue weighted by Crippen LogP contribution is 2.16. The van der Waals surface area contributed by atoms with E-state index in [1.807, 2.05) is 54.6 Å². The van der Waals surface area contributed by atoms with Gasteiger partial charge in [0, 0.05) is 18.7 Å². The summed E-state index contributed by atoms with van der Waals surface area (Å²) in [6.07, 6.45) is 0.185. The van der Waals surface area contributed by atoms with Gasteiger partial charge >= 0.3 is 0 Å². The molecule has 1 atom stereocenters. The van der Waals surface area contributed by atoms with Crippen LogP contribution < -0.4 is 5.32 Å². The molecule has 2 aromatic carbocycles. The minimum atomic E-state index is -0.573. The molecule has 3 nitrogen and oxygen atoms in total. The number of halogens is 1. The number of ether oxygens (including phenoxy) is 1. The number of amides is 1. The van der Waals surface area contributed by atoms with Crippen LogP contribution in [-0.4, -0.2) is 19.6 Å². The Morgan fingerprint density at radius 3 is 2.43 bits per heavy atom. The Morgan fingerprint density at radius 1 is 1.14 bits per heavy atom. The summed E-state index contributed by atoms with van der Waals surface area (Å²) < 4.78 is 5.29. The second-order valence-corrected chi connectivity index (χ2v) is 5.13. The first-order valence-corrected chi connectivity index (χ1v) is 7.18. The van der Waals surface area contributed by atoms with Crippen molar-refractivity contribution in [3.63, 3.8) is 0 Å². The first-order valence-electron chi connectivity index (χ1n) is 6.80. The summed E-state index contributed by atoms with van der Waals surface area (Å²) in [6.45, 7) is 0.563. The van der Waals surface area contributed by atoms with Crippen molar-refractivity contribution in [3.8, 4) is 0 Å². The van der Waals surface area contributed by atoms with Crippen LogP contribution in [0.3, 0.4) is 0 Å². The third-order valence-electron chi connectivity index (χ3n) is 3.20. The van der Waals surface area contributed by atoms with E-state index < -0.39 is 6.10 Å². The molecule has 1 unspecified atom stereocenters. The van der Waals surface area contributed by atoms with Gasteiger partial charge in [-0.2, -0.15) is 0 Å². The first-order chi connectivity index (χ1) is 10.2. The lowest BCUT2D eigenvalue weighted by atomic mass is 10.1. The molecule has 0 saturated carbocycles. The normalized spacial score (nSPS) is 11.9. The molecule has 0 aromatic heterocycles. The van der Waals surface area contributed by atoms with Crippen molar-refractivity contribution >= 4 is 17.5 Å². The van der Waals surface area contributed by atoms with E-state index >= 15 is 0 Å². The van der Waals surface area contributed by atoms with Crippen molar-refractivity contribution in [1.29, 1.82) is 0 Å². The van der Waals surface area contributed by atoms with E-state index in [4.69, 9.17) is 16.3 Å². The zero-order valence-corrected chi connectivity index (χ0v) is 12.6. The van der Waals surface area contributed by atoms with Crippen LogP contribution >= 0.6 is 11.6 Å². The SMILES string of the molecule is COC(C(=O)NCCc1ccc(Cl)cc1)c1ccccc1. The van der Waals surface area contributed by atoms with Crippen molar-refractivity contribution in [3.05, 3.63) is 70.7 Å². The predicted octanol–water partition coefficient (Wildman–Crippen LogP) is 3.39. The Balaban J connectivity index is 1.87. The Morgan fingerprint density at radius 2 is 1.81 bits per heavy atom. The molecule has 0 bridgehead atoms. The standard InChI is InChI=1S/C17H18ClNO2/c1-21-16(14-5-3-2-4-6-14)17(20)19-12-11-13-7-9-15(18)10-8-13/h2-10,16H,11-12H2,1H3,(H,19,20). The number of hydrogen-bond acceptors (Lipinski definition) is 2. The van der Waals surface area contributed by atoms with E-state index in [2.05, 4.69) is 5.32 Å². The Kier molecular flexibility index (Phi) is 5.78. The van der Waals surface area contributed by atoms with E-state index in [0.717, 1.165) is 17.5 Å². The van der Waals surface area contributed by atoms with Gasteiger partial charge in [-0.15, -0.1) is 0 Å². The van der Waals surface area contributed by atoms with E-state index in [1.54, 1.807) is 0 Å². The van der Waals surface area contributed by atoms with Crippen LogP contribution in [0.25, 0.3) is 0 Å². The van der Waals surface area contributed by atoms with Gasteiger partial charge in [0.1, 0.15) is 0 Å². The summed E-state index contributed by atoms with van der Waals surface area (Å²) in [5, 5.41) is 3.61. The van der Waals surface area contributed by atoms with Gasteiger partial charge in [-0.3, -0.25) is 4.79 Å². The topological polar surface area (TPSA) is 38.3 Å². The molecule has 110 valence electrons. The highest BCUT2D eigenvalue weighted by Gasteiger charge is 2.18. The number of carbonyl (C=O) groups excluding carboxylic acids is 1. The van der Waals surface area contributed by atoms with Gasteiger partial charge < -0.3 is 10.1 Å². The van der Waals surface area contributed by atoms with Gasteiger partial charge in [-0.1, -0.05) is 54.1 Å². The molecule has 1 N–H and O–H groups in total. The molecule has 0 radical (unpaired) electrons. The zero-order valence-electron chi connectivity index (χ0n) is 11.9. The Bertz CT molecular complexity index is 569. The van der Waals surface area contributed by atoms with Crippen molar-refractivity contribution in [2.45, 2.75) is 12.5 Å². The van der Waals surface area contributed by atoms with E-state index in [1.165, 1.54) is 7.11 Å². The Labute approximate surface area is 129 Å². The van der Waals surface area contributed by atoms with Gasteiger partial charge in [-0.25, -0.2) is 0 Å². The molecule has 0 aliphatic heterocycles. The molecule has 2 rings (SSSR count). The average Bonchev–Trinajstić information content (AvgIpc) is 2.51. The van der Waals surface area contributed by atoms with Gasteiger partial charge in [-0.05, 0) is 29.7 Å². The van der Waals surface area contributed by atoms with Crippen LogP contribution in [0.5, 0.6) is 0 Å². The van der Waals surface area contributed by atoms with Gasteiger partial charge in [0.2, 0.25) is 0 Å². The molecule has 0 aliphatic rings. The minimum Gasteiger partial charge on any atom is -0.367 e. The van der Waals surface area contributed by atoms with Crippen LogP contribution in [0, 0.1) is 0 Å². The van der Waals surface area contributed by atoms with E-state index in [0.29, 0.717) is 11.6 Å². The van der Waals surface area contributed by atoms with Gasteiger partial charge in [0.15, 0.2) is 6.10 Å². The molecule has 0 aliphatic carbocycles. The van der Waals surface area contributed by atoms with Crippen LogP contribution in [-0.2, 0) is 16.0 Å². The molecule has 21 heavy (non-hydrogen) atoms. The van der Waals surface area contributed by atoms with Crippen LogP contribution in [0.2, 0.25) is 5.02 Å². The lowest BCUT2D eigenvalue weighted by Crippen LogP contribution is -2.31. The summed E-state index contributed by atoms with van der Waals surface area (Å²) in [6, 6.07) is 17.1. The fourth-order valence-electron chi connectivity index (χ4n) is 2.10. The maximum Gasteiger partial charge on any atom is 0.253 e. The highest BCUT2D eigenvalue weighted by atomic mass is 35.5. The van der Waals surface area contributed by atoms with E-state index in [9.17, 15) is 4.79 Å². The van der Waals surface area contributed by atoms with Crippen molar-refractivity contribution in [2.75, 3.05) is 13.7 Å². The molecule has 2 aromatic rings. The maximum absolute atomic E-state index is 12.2. The summed E-state index contributed by atoms with van der Waals surface area (Å²) in [4.78, 5) is 12.2. The maximum atomic E-state index is 12.2. The fourth-order valence-corrected chi connectivity index (χ4v) is 2.22. The third-order valence-corrected chi connectivity index (χ3v) is 3.45. The quantitative estimate of drug-likeness (QED) is 0.888. The Hall–Kier alpha value is -1.84. The van der Waals surface area contributed by atoms with Crippen LogP contribution in [0.15, 0.2) is 54.6 Å². The molecule has 1 amide bonds. The van der Waals surface area contributed by atoms with Crippen molar-refractivity contribution in [2.24, 2.45) is 0 Å². The predicted molar refractivity (Wildman–Crippen MR) is 84.4 cm³/mol. The smallest absolute Gasteiger partial charge is 0.253 e. The van der Waals surface area contributed by atoms with Gasteiger partial charge in [0.05, 0.1) is 0 Å². The second-order valence-electron chi connectivity index (χ2n) is 4.69. The first kappa shape index (κ1) is 15.5. The van der Waals surface area contributed by atoms with Crippen molar-refractivity contribution in [1.82, 2.24) is 5.32 Å². The molecule has 0 fully saturated rings. The summed E-state index contributed by atoms with van der Waals surface area (Å²) >= 11 is 5.84. The molecule has 0 saturated heterocycles. The summed E-state index contributed by atoms with van der Waals surface area (Å²) in [7, 11) is 1.54. The number of methoxy groups -OCH3 is 1. The molecule has 0 spiro atoms. The summed E-state index contributed by atoms with van der Waals surface area (Å²) in [5.41, 5.74) is 1.98. The number of hydrogen-bond donors (Lipinski definition) is 1. The summed E-state index contributed by atoms with van der Waals surface area (Å²) in [5.74, 6) is -0.127. The number of nitrogens with one attached hydrogen (secondary N) is 1. The molecular weight excluding hydrogens is 286 g/mol. The highest BCUT2D eigenvalue weighted by molar-refractivity contribution is 6.30. The number of carbonyl (C=O) groups is 1. The zero-order chi connectivity index (χ0) is 15.1. The van der Waals surface area contributed by atoms with Gasteiger partial charge in [0.25, 0.3) is 5.91 Å². The monoisotopic (exact) mass is 303 g/mol. The lowest BCUT2D eigenvalue weighted by molar-refractivity contribution is -0.131. The lowest BCUT2D eigenvalue weighted by Gasteiger charge is -2.15. The molecule has 0 heterocycles. The molecule has 4 heteroatoms. The fraction of sp³-hybridized carbons (Fsp3) is 0.235. The largest absolute Gasteiger partial charge is 0.367 e. The third kappa shape index (κ3) is 4.59. The second kappa shape index (κ2) is 7.81. The average molecular weight is 304 g/mol. The van der Waals surface area contributed by atoms with E-state index in [-0.39, 0.29) is 5.91 Å². The van der Waals surface area contributed by atoms with Crippen molar-refractivity contribution < 1.29 is 9.53 Å². The minimum absolute atomic E-state index is 0.127.